The Balaban J connectivity index is 1.28. The van der Waals surface area contributed by atoms with Crippen LogP contribution >= 0.6 is 11.3 Å². The first-order chi connectivity index (χ1) is 26.1. The molecule has 54 heavy (non-hydrogen) atoms. The number of nitrogens with zero attached hydrogens (tertiary/aromatic N) is 2. The Labute approximate surface area is 311 Å². The highest BCUT2D eigenvalue weighted by Gasteiger charge is 2.48. The first-order valence-corrected chi connectivity index (χ1v) is 19.0. The topological polar surface area (TPSA) is 63.0 Å². The summed E-state index contributed by atoms with van der Waals surface area (Å²) in [7, 11) is -5.98. The Kier molecular flexibility index (Phi) is 8.06. The molecule has 2 aromatic heterocycles. The van der Waals surface area contributed by atoms with Gasteiger partial charge in [-0.05, 0) is 78.9 Å². The van der Waals surface area contributed by atoms with Gasteiger partial charge in [-0.3, -0.25) is 0 Å². The fraction of sp³-hybridized carbons (Fsp3) is 0.0233. The Morgan fingerprint density at radius 2 is 1.07 bits per heavy atom. The molecular weight excluding hydrogens is 730 g/mol. The van der Waals surface area contributed by atoms with Crippen LogP contribution in [-0.4, -0.2) is 13.9 Å². The van der Waals surface area contributed by atoms with E-state index in [2.05, 4.69) is 4.90 Å². The summed E-state index contributed by atoms with van der Waals surface area (Å²) in [5.41, 5.74) is 0.226. The second kappa shape index (κ2) is 13.0. The van der Waals surface area contributed by atoms with Crippen molar-refractivity contribution in [2.75, 3.05) is 9.80 Å². The first kappa shape index (κ1) is 33.5. The van der Waals surface area contributed by atoms with Crippen LogP contribution in [0.4, 0.5) is 47.3 Å². The van der Waals surface area contributed by atoms with E-state index in [4.69, 9.17) is 8.60 Å². The molecule has 11 heteroatoms. The minimum atomic E-state index is -5.98. The largest absolute Gasteiger partial charge is 0.534 e. The van der Waals surface area contributed by atoms with Crippen LogP contribution in [0.5, 0.6) is 5.75 Å². The van der Waals surface area contributed by atoms with Crippen LogP contribution in [0.25, 0.3) is 42.1 Å². The number of thiophene rings is 1. The summed E-state index contributed by atoms with van der Waals surface area (Å²) in [6, 6.07) is 51.0. The zero-order valence-electron chi connectivity index (χ0n) is 28.1. The van der Waals surface area contributed by atoms with Gasteiger partial charge in [0, 0.05) is 66.8 Å². The fourth-order valence-corrected chi connectivity index (χ4v) is 8.42. The predicted octanol–water partition coefficient (Wildman–Crippen LogP) is 13.1. The zero-order chi connectivity index (χ0) is 37.0. The third kappa shape index (κ3) is 5.87. The number of halogens is 3. The molecule has 0 aliphatic heterocycles. The van der Waals surface area contributed by atoms with Crippen LogP contribution in [0.2, 0.25) is 0 Å². The Morgan fingerprint density at radius 3 is 1.72 bits per heavy atom. The van der Waals surface area contributed by atoms with Crippen LogP contribution in [0.1, 0.15) is 0 Å². The van der Waals surface area contributed by atoms with Crippen molar-refractivity contribution in [3.8, 4) is 5.75 Å². The summed E-state index contributed by atoms with van der Waals surface area (Å²) in [5, 5.41) is 3.23. The summed E-state index contributed by atoms with van der Waals surface area (Å²) in [6.45, 7) is 0. The van der Waals surface area contributed by atoms with Gasteiger partial charge in [0.1, 0.15) is 16.9 Å². The van der Waals surface area contributed by atoms with Gasteiger partial charge in [-0.25, -0.2) is 0 Å². The lowest BCUT2D eigenvalue weighted by atomic mass is 10.1. The number of hydrogen-bond acceptors (Lipinski definition) is 7. The highest BCUT2D eigenvalue weighted by atomic mass is 32.2. The number of benzene rings is 7. The lowest BCUT2D eigenvalue weighted by Crippen LogP contribution is -2.28. The number of furan rings is 1. The molecule has 0 N–H and O–H groups in total. The average molecular weight is 757 g/mol. The normalized spacial score (nSPS) is 12.1. The van der Waals surface area contributed by atoms with Gasteiger partial charge in [0.2, 0.25) is 0 Å². The summed E-state index contributed by atoms with van der Waals surface area (Å²) in [5.74, 6) is -0.466. The van der Waals surface area contributed by atoms with Crippen molar-refractivity contribution in [2.24, 2.45) is 0 Å². The maximum Gasteiger partial charge on any atom is 0.534 e. The quantitative estimate of drug-likeness (QED) is 0.114. The van der Waals surface area contributed by atoms with Crippen LogP contribution in [-0.2, 0) is 10.1 Å². The van der Waals surface area contributed by atoms with Gasteiger partial charge >= 0.3 is 15.6 Å². The van der Waals surface area contributed by atoms with Crippen molar-refractivity contribution >= 4 is 97.7 Å². The molecular formula is C43H27F3N2O4S2. The first-order valence-electron chi connectivity index (χ1n) is 16.8. The van der Waals surface area contributed by atoms with E-state index in [1.54, 1.807) is 0 Å². The molecule has 266 valence electrons. The lowest BCUT2D eigenvalue weighted by Gasteiger charge is -2.26. The molecule has 0 saturated carbocycles. The van der Waals surface area contributed by atoms with Crippen LogP contribution in [0.3, 0.4) is 0 Å². The second-order valence-electron chi connectivity index (χ2n) is 12.5. The zero-order valence-corrected chi connectivity index (χ0v) is 29.7. The predicted molar refractivity (Wildman–Crippen MR) is 212 cm³/mol. The molecule has 0 unspecified atom stereocenters. The molecule has 0 atom stereocenters. The van der Waals surface area contributed by atoms with Gasteiger partial charge in [0.05, 0.1) is 10.4 Å². The van der Waals surface area contributed by atoms with Crippen molar-refractivity contribution in [3.63, 3.8) is 0 Å². The van der Waals surface area contributed by atoms with Gasteiger partial charge in [0.25, 0.3) is 0 Å². The third-order valence-corrected chi connectivity index (χ3v) is 11.3. The van der Waals surface area contributed by atoms with E-state index >= 15 is 0 Å². The standard InChI is InChI=1S/C43H27F3N2O4S2/c44-43(45,46)54(49,50)52-33-26-37-36-24-31(47(28-12-4-1-5-13-28)32-20-22-35-34-18-10-11-19-39(34)51-40(35)25-32)21-23-41(36)53-42(37)38(27-33)48(29-14-6-2-7-15-29)30-16-8-3-9-17-30/h1-27H. The molecule has 7 aromatic carbocycles. The van der Waals surface area contributed by atoms with Crippen LogP contribution in [0.15, 0.2) is 168 Å². The van der Waals surface area contributed by atoms with Gasteiger partial charge in [0.15, 0.2) is 0 Å². The Morgan fingerprint density at radius 1 is 0.519 bits per heavy atom. The minimum absolute atomic E-state index is 0.454. The van der Waals surface area contributed by atoms with Gasteiger partial charge in [-0.15, -0.1) is 11.3 Å². The Hall–Kier alpha value is -6.30. The van der Waals surface area contributed by atoms with Crippen molar-refractivity contribution < 1.29 is 30.2 Å². The molecule has 0 saturated heterocycles. The van der Waals surface area contributed by atoms with Crippen molar-refractivity contribution in [1.82, 2.24) is 0 Å². The van der Waals surface area contributed by atoms with Crippen LogP contribution in [0, 0.1) is 0 Å². The van der Waals surface area contributed by atoms with Gasteiger partial charge in [-0.2, -0.15) is 21.6 Å². The number of rotatable bonds is 8. The van der Waals surface area contributed by atoms with E-state index in [-0.39, 0.29) is 0 Å². The molecule has 0 fully saturated rings. The highest BCUT2D eigenvalue weighted by Crippen LogP contribution is 2.49. The fourth-order valence-electron chi connectivity index (χ4n) is 6.81. The average Bonchev–Trinajstić information content (AvgIpc) is 3.74. The number of para-hydroxylation sites is 4. The summed E-state index contributed by atoms with van der Waals surface area (Å²) < 4.78 is 78.6. The van der Waals surface area contributed by atoms with Crippen LogP contribution < -0.4 is 14.0 Å². The van der Waals surface area contributed by atoms with E-state index in [1.165, 1.54) is 23.5 Å². The SMILES string of the molecule is O=S(=O)(Oc1cc(N(c2ccccc2)c2ccccc2)c2sc3ccc(N(c4ccccc4)c4ccc5c(c4)oc4ccccc45)cc3c2c1)C(F)(F)F. The molecule has 0 bridgehead atoms. The smallest absolute Gasteiger partial charge is 0.456 e. The number of hydrogen-bond donors (Lipinski definition) is 0. The summed E-state index contributed by atoms with van der Waals surface area (Å²) in [4.78, 5) is 3.95. The molecule has 6 nitrogen and oxygen atoms in total. The summed E-state index contributed by atoms with van der Waals surface area (Å²) >= 11 is 1.45. The number of alkyl halides is 3. The van der Waals surface area contributed by atoms with E-state index in [9.17, 15) is 21.6 Å². The van der Waals surface area contributed by atoms with Gasteiger partial charge in [-0.1, -0.05) is 72.8 Å². The van der Waals surface area contributed by atoms with E-state index in [0.717, 1.165) is 59.8 Å². The Bertz CT molecular complexity index is 2890. The maximum atomic E-state index is 13.7. The van der Waals surface area contributed by atoms with E-state index < -0.39 is 21.4 Å². The maximum absolute atomic E-state index is 13.7. The number of fused-ring (bicyclic) bond motifs is 6. The molecule has 9 rings (SSSR count). The minimum Gasteiger partial charge on any atom is -0.456 e. The number of anilines is 6. The second-order valence-corrected chi connectivity index (χ2v) is 15.1. The molecule has 0 amide bonds. The summed E-state index contributed by atoms with van der Waals surface area (Å²) in [6.07, 6.45) is 0. The van der Waals surface area contributed by atoms with Gasteiger partial charge < -0.3 is 18.4 Å². The molecule has 0 spiro atoms. The van der Waals surface area contributed by atoms with E-state index in [0.29, 0.717) is 16.5 Å². The molecule has 0 aliphatic carbocycles. The van der Waals surface area contributed by atoms with Crippen molar-refractivity contribution in [2.45, 2.75) is 5.51 Å². The molecule has 9 aromatic rings. The van der Waals surface area contributed by atoms with Crippen molar-refractivity contribution in [1.29, 1.82) is 0 Å². The third-order valence-electron chi connectivity index (χ3n) is 9.16. The lowest BCUT2D eigenvalue weighted by molar-refractivity contribution is -0.0500. The molecule has 0 aliphatic rings. The highest BCUT2D eigenvalue weighted by molar-refractivity contribution is 7.88. The molecule has 0 radical (unpaired) electrons. The van der Waals surface area contributed by atoms with Crippen molar-refractivity contribution in [3.05, 3.63) is 164 Å². The monoisotopic (exact) mass is 756 g/mol. The molecule has 2 heterocycles. The van der Waals surface area contributed by atoms with E-state index in [1.807, 2.05) is 157 Å².